The van der Waals surface area contributed by atoms with Gasteiger partial charge in [0.05, 0.1) is 10.4 Å². The number of hydrogen-bond acceptors (Lipinski definition) is 2. The number of rotatable bonds is 3. The predicted octanol–water partition coefficient (Wildman–Crippen LogP) is 4.62. The zero-order chi connectivity index (χ0) is 12.4. The first-order valence-electron chi connectivity index (χ1n) is 5.30. The number of hydrogen-bond donors (Lipinski definition) is 1. The van der Waals surface area contributed by atoms with E-state index in [4.69, 9.17) is 11.6 Å². The highest BCUT2D eigenvalue weighted by Gasteiger charge is 2.15. The largest absolute Gasteiger partial charge is 0.309 e. The minimum absolute atomic E-state index is 0.225. The van der Waals surface area contributed by atoms with E-state index in [-0.39, 0.29) is 6.04 Å². The average molecular weight is 378 g/mol. The maximum absolute atomic E-state index is 6.13. The SMILES string of the molecule is CNC(c1ccc(I)cc1)c1cc(C)c(Cl)s1. The van der Waals surface area contributed by atoms with Gasteiger partial charge in [-0.2, -0.15) is 0 Å². The summed E-state index contributed by atoms with van der Waals surface area (Å²) in [5.74, 6) is 0. The molecule has 0 aliphatic heterocycles. The average Bonchev–Trinajstić information content (AvgIpc) is 2.63. The van der Waals surface area contributed by atoms with Gasteiger partial charge in [-0.15, -0.1) is 11.3 Å². The molecule has 0 aliphatic rings. The maximum Gasteiger partial charge on any atom is 0.0961 e. The number of aryl methyl sites for hydroxylation is 1. The lowest BCUT2D eigenvalue weighted by atomic mass is 10.1. The zero-order valence-corrected chi connectivity index (χ0v) is 13.4. The molecule has 0 aliphatic carbocycles. The van der Waals surface area contributed by atoms with E-state index in [1.807, 2.05) is 14.0 Å². The van der Waals surface area contributed by atoms with Gasteiger partial charge in [0, 0.05) is 8.45 Å². The second-order valence-corrected chi connectivity index (χ2v) is 6.81. The number of nitrogens with one attached hydrogen (secondary N) is 1. The Morgan fingerprint density at radius 2 is 1.94 bits per heavy atom. The molecule has 1 N–H and O–H groups in total. The van der Waals surface area contributed by atoms with Gasteiger partial charge in [-0.05, 0) is 65.9 Å². The van der Waals surface area contributed by atoms with Crippen molar-refractivity contribution >= 4 is 45.5 Å². The maximum atomic E-state index is 6.13. The van der Waals surface area contributed by atoms with Crippen LogP contribution in [0.25, 0.3) is 0 Å². The van der Waals surface area contributed by atoms with Crippen LogP contribution in [-0.4, -0.2) is 7.05 Å². The van der Waals surface area contributed by atoms with Gasteiger partial charge in [0.25, 0.3) is 0 Å². The Labute approximate surface area is 124 Å². The minimum atomic E-state index is 0.225. The summed E-state index contributed by atoms with van der Waals surface area (Å²) in [4.78, 5) is 1.26. The molecule has 0 fully saturated rings. The first kappa shape index (κ1) is 13.3. The Morgan fingerprint density at radius 3 is 2.41 bits per heavy atom. The molecule has 1 atom stereocenters. The van der Waals surface area contributed by atoms with Crippen LogP contribution in [0.4, 0.5) is 0 Å². The molecule has 1 aromatic carbocycles. The Balaban J connectivity index is 2.36. The molecule has 0 bridgehead atoms. The molecule has 1 unspecified atom stereocenters. The highest BCUT2D eigenvalue weighted by molar-refractivity contribution is 14.1. The van der Waals surface area contributed by atoms with E-state index in [2.05, 4.69) is 58.2 Å². The van der Waals surface area contributed by atoms with Gasteiger partial charge in [-0.3, -0.25) is 0 Å². The molecular weight excluding hydrogens is 365 g/mol. The predicted molar refractivity (Wildman–Crippen MR) is 84.1 cm³/mol. The van der Waals surface area contributed by atoms with Crippen molar-refractivity contribution in [3.05, 3.63) is 54.2 Å². The van der Waals surface area contributed by atoms with E-state index >= 15 is 0 Å². The van der Waals surface area contributed by atoms with Crippen LogP contribution in [0.2, 0.25) is 4.34 Å². The molecule has 0 amide bonds. The van der Waals surface area contributed by atoms with Crippen molar-refractivity contribution in [3.63, 3.8) is 0 Å². The summed E-state index contributed by atoms with van der Waals surface area (Å²) in [6.07, 6.45) is 0. The molecule has 0 saturated heterocycles. The number of halogens is 2. The molecule has 2 aromatic rings. The molecule has 1 heterocycles. The summed E-state index contributed by atoms with van der Waals surface area (Å²) in [5, 5.41) is 3.34. The van der Waals surface area contributed by atoms with E-state index in [1.54, 1.807) is 11.3 Å². The van der Waals surface area contributed by atoms with Crippen molar-refractivity contribution in [2.45, 2.75) is 13.0 Å². The van der Waals surface area contributed by atoms with Gasteiger partial charge in [-0.25, -0.2) is 0 Å². The van der Waals surface area contributed by atoms with Crippen LogP contribution in [0.5, 0.6) is 0 Å². The minimum Gasteiger partial charge on any atom is -0.309 e. The molecule has 0 saturated carbocycles. The summed E-state index contributed by atoms with van der Waals surface area (Å²) in [5.41, 5.74) is 2.42. The third-order valence-electron chi connectivity index (χ3n) is 2.65. The molecule has 90 valence electrons. The van der Waals surface area contributed by atoms with Crippen LogP contribution in [-0.2, 0) is 0 Å². The van der Waals surface area contributed by atoms with Crippen LogP contribution >= 0.6 is 45.5 Å². The highest BCUT2D eigenvalue weighted by Crippen LogP contribution is 2.33. The summed E-state index contributed by atoms with van der Waals surface area (Å²) < 4.78 is 2.13. The van der Waals surface area contributed by atoms with Gasteiger partial charge in [-0.1, -0.05) is 23.7 Å². The van der Waals surface area contributed by atoms with Gasteiger partial charge >= 0.3 is 0 Å². The van der Waals surface area contributed by atoms with Crippen molar-refractivity contribution in [2.24, 2.45) is 0 Å². The van der Waals surface area contributed by atoms with Crippen LogP contribution in [0.1, 0.15) is 22.0 Å². The molecular formula is C13H13ClINS. The number of thiophene rings is 1. The van der Waals surface area contributed by atoms with Crippen molar-refractivity contribution in [1.82, 2.24) is 5.32 Å². The van der Waals surface area contributed by atoms with Gasteiger partial charge in [0.1, 0.15) is 0 Å². The van der Waals surface area contributed by atoms with Crippen molar-refractivity contribution in [1.29, 1.82) is 0 Å². The molecule has 2 rings (SSSR count). The topological polar surface area (TPSA) is 12.0 Å². The molecule has 17 heavy (non-hydrogen) atoms. The van der Waals surface area contributed by atoms with Crippen LogP contribution in [0.3, 0.4) is 0 Å². The fraction of sp³-hybridized carbons (Fsp3) is 0.231. The first-order valence-corrected chi connectivity index (χ1v) is 7.57. The first-order chi connectivity index (χ1) is 8.11. The summed E-state index contributed by atoms with van der Waals surface area (Å²) >= 11 is 10.1. The lowest BCUT2D eigenvalue weighted by molar-refractivity contribution is 0.703. The van der Waals surface area contributed by atoms with Gasteiger partial charge in [0.15, 0.2) is 0 Å². The van der Waals surface area contributed by atoms with Crippen molar-refractivity contribution in [2.75, 3.05) is 7.05 Å². The standard InChI is InChI=1S/C13H13ClINS/c1-8-7-11(17-13(8)14)12(16-2)9-3-5-10(15)6-4-9/h3-7,12,16H,1-2H3. The van der Waals surface area contributed by atoms with Crippen molar-refractivity contribution in [3.8, 4) is 0 Å². The van der Waals surface area contributed by atoms with Crippen molar-refractivity contribution < 1.29 is 0 Å². The van der Waals surface area contributed by atoms with Crippen LogP contribution in [0, 0.1) is 10.5 Å². The third-order valence-corrected chi connectivity index (χ3v) is 4.99. The summed E-state index contributed by atoms with van der Waals surface area (Å²) in [6, 6.07) is 11.0. The highest BCUT2D eigenvalue weighted by atomic mass is 127. The molecule has 0 spiro atoms. The Bertz CT molecular complexity index is 487. The fourth-order valence-corrected chi connectivity index (χ4v) is 3.47. The lowest BCUT2D eigenvalue weighted by Gasteiger charge is -2.14. The Kier molecular flexibility index (Phi) is 4.47. The van der Waals surface area contributed by atoms with E-state index in [0.717, 1.165) is 9.90 Å². The fourth-order valence-electron chi connectivity index (χ4n) is 1.75. The second-order valence-electron chi connectivity index (χ2n) is 3.88. The molecule has 4 heteroatoms. The molecule has 1 aromatic heterocycles. The molecule has 0 radical (unpaired) electrons. The Morgan fingerprint density at radius 1 is 1.29 bits per heavy atom. The quantitative estimate of drug-likeness (QED) is 0.769. The Hall–Kier alpha value is -0.100. The summed E-state index contributed by atoms with van der Waals surface area (Å²) in [6.45, 7) is 2.04. The zero-order valence-electron chi connectivity index (χ0n) is 9.63. The van der Waals surface area contributed by atoms with E-state index in [9.17, 15) is 0 Å². The van der Waals surface area contributed by atoms with Crippen LogP contribution in [0.15, 0.2) is 30.3 Å². The normalized spacial score (nSPS) is 12.7. The molecule has 1 nitrogen and oxygen atoms in total. The van der Waals surface area contributed by atoms with E-state index in [0.29, 0.717) is 0 Å². The van der Waals surface area contributed by atoms with E-state index < -0.39 is 0 Å². The second kappa shape index (κ2) is 5.69. The third kappa shape index (κ3) is 3.02. The number of benzene rings is 1. The van der Waals surface area contributed by atoms with Crippen LogP contribution < -0.4 is 5.32 Å². The van der Waals surface area contributed by atoms with E-state index in [1.165, 1.54) is 14.0 Å². The summed E-state index contributed by atoms with van der Waals surface area (Å²) in [7, 11) is 1.98. The monoisotopic (exact) mass is 377 g/mol. The van der Waals surface area contributed by atoms with Gasteiger partial charge < -0.3 is 5.32 Å². The van der Waals surface area contributed by atoms with Gasteiger partial charge in [0.2, 0.25) is 0 Å². The smallest absolute Gasteiger partial charge is 0.0961 e. The lowest BCUT2D eigenvalue weighted by Crippen LogP contribution is -2.16.